The van der Waals surface area contributed by atoms with Gasteiger partial charge in [0, 0.05) is 12.7 Å². The van der Waals surface area contributed by atoms with Crippen LogP contribution in [0, 0.1) is 0 Å². The van der Waals surface area contributed by atoms with Crippen LogP contribution in [-0.2, 0) is 16.8 Å². The van der Waals surface area contributed by atoms with Gasteiger partial charge in [-0.3, -0.25) is 14.3 Å². The fourth-order valence-corrected chi connectivity index (χ4v) is 2.06. The Balaban J connectivity index is 3.00. The van der Waals surface area contributed by atoms with E-state index in [-0.39, 0.29) is 6.54 Å². The summed E-state index contributed by atoms with van der Waals surface area (Å²) < 4.78 is 35.2. The Morgan fingerprint density at radius 2 is 1.94 bits per heavy atom. The van der Waals surface area contributed by atoms with Crippen molar-refractivity contribution in [2.45, 2.75) is 44.0 Å². The van der Waals surface area contributed by atoms with Crippen LogP contribution in [0.1, 0.15) is 32.6 Å². The van der Waals surface area contributed by atoms with Crippen molar-refractivity contribution in [3.8, 4) is 0 Å². The average molecular weight is 278 g/mol. The van der Waals surface area contributed by atoms with E-state index in [0.29, 0.717) is 6.42 Å². The third kappa shape index (κ3) is 3.80. The molecule has 1 heterocycles. The lowest BCUT2D eigenvalue weighted by molar-refractivity contribution is 0.534. The molecule has 0 bridgehead atoms. The van der Waals surface area contributed by atoms with Crippen molar-refractivity contribution < 1.29 is 12.3 Å². The summed E-state index contributed by atoms with van der Waals surface area (Å²) in [7, 11) is -5.11. The van der Waals surface area contributed by atoms with Gasteiger partial charge in [0.1, 0.15) is 0 Å². The third-order valence-corrected chi connectivity index (χ3v) is 3.31. The van der Waals surface area contributed by atoms with Crippen molar-refractivity contribution in [1.29, 1.82) is 0 Å². The largest absolute Gasteiger partial charge is 0.339 e. The molecule has 0 aromatic carbocycles. The van der Waals surface area contributed by atoms with Crippen molar-refractivity contribution in [3.63, 3.8) is 0 Å². The number of nitrogens with zero attached hydrogens (tertiary/aromatic N) is 1. The van der Waals surface area contributed by atoms with Gasteiger partial charge in [0.2, 0.25) is 0 Å². The number of halogens is 1. The molecule has 102 valence electrons. The van der Waals surface area contributed by atoms with Crippen molar-refractivity contribution in [1.82, 2.24) is 9.55 Å². The smallest absolute Gasteiger partial charge is 0.299 e. The standard InChI is InChI=1S/C10H15FN2O4S/c1-2-3-4-5-6-13-7-8(18(11,16)17)9(14)12-10(13)15/h7H,2-6H2,1H3,(H,12,14,15). The first-order valence-electron chi connectivity index (χ1n) is 5.64. The zero-order valence-corrected chi connectivity index (χ0v) is 10.8. The molecular weight excluding hydrogens is 263 g/mol. The third-order valence-electron chi connectivity index (χ3n) is 2.49. The maximum Gasteiger partial charge on any atom is 0.339 e. The molecule has 0 radical (unpaired) electrons. The number of nitrogens with one attached hydrogen (secondary N) is 1. The quantitative estimate of drug-likeness (QED) is 0.615. The molecule has 0 saturated carbocycles. The zero-order chi connectivity index (χ0) is 13.8. The van der Waals surface area contributed by atoms with E-state index in [1.165, 1.54) is 0 Å². The SMILES string of the molecule is CCCCCCn1cc(S(=O)(=O)F)c(=O)[nH]c1=O. The summed E-state index contributed by atoms with van der Waals surface area (Å²) in [5.74, 6) is 0. The van der Waals surface area contributed by atoms with E-state index in [2.05, 4.69) is 0 Å². The van der Waals surface area contributed by atoms with Gasteiger partial charge in [0.05, 0.1) is 0 Å². The van der Waals surface area contributed by atoms with Gasteiger partial charge in [-0.25, -0.2) is 4.79 Å². The number of hydrogen-bond donors (Lipinski definition) is 1. The molecule has 1 rings (SSSR count). The fourth-order valence-electron chi connectivity index (χ4n) is 1.54. The van der Waals surface area contributed by atoms with Gasteiger partial charge in [0.25, 0.3) is 5.56 Å². The normalized spacial score (nSPS) is 11.7. The topological polar surface area (TPSA) is 89.0 Å². The van der Waals surface area contributed by atoms with Crippen LogP contribution in [0.3, 0.4) is 0 Å². The number of aromatic nitrogens is 2. The summed E-state index contributed by atoms with van der Waals surface area (Å²) >= 11 is 0. The Morgan fingerprint density at radius 3 is 2.50 bits per heavy atom. The van der Waals surface area contributed by atoms with Gasteiger partial charge in [-0.15, -0.1) is 3.89 Å². The molecular formula is C10H15FN2O4S. The first kappa shape index (κ1) is 14.6. The van der Waals surface area contributed by atoms with E-state index < -0.39 is 26.4 Å². The minimum Gasteiger partial charge on any atom is -0.299 e. The maximum atomic E-state index is 12.8. The lowest BCUT2D eigenvalue weighted by Gasteiger charge is -2.05. The zero-order valence-electron chi connectivity index (χ0n) is 9.98. The molecule has 0 aliphatic carbocycles. The monoisotopic (exact) mass is 278 g/mol. The Kier molecular flexibility index (Phi) is 4.83. The molecule has 18 heavy (non-hydrogen) atoms. The average Bonchev–Trinajstić information content (AvgIpc) is 2.25. The molecule has 0 amide bonds. The number of H-pyrrole nitrogens is 1. The fraction of sp³-hybridized carbons (Fsp3) is 0.600. The van der Waals surface area contributed by atoms with Gasteiger partial charge >= 0.3 is 15.9 Å². The number of unbranched alkanes of at least 4 members (excludes halogenated alkanes) is 3. The van der Waals surface area contributed by atoms with Gasteiger partial charge < -0.3 is 0 Å². The minimum absolute atomic E-state index is 0.248. The van der Waals surface area contributed by atoms with E-state index in [0.717, 1.165) is 30.0 Å². The molecule has 8 heteroatoms. The van der Waals surface area contributed by atoms with Gasteiger partial charge in [-0.05, 0) is 6.42 Å². The second-order valence-electron chi connectivity index (χ2n) is 3.94. The summed E-state index contributed by atoms with van der Waals surface area (Å²) in [6.07, 6.45) is 4.30. The molecule has 0 aliphatic rings. The number of hydrogen-bond acceptors (Lipinski definition) is 4. The first-order valence-corrected chi connectivity index (χ1v) is 7.03. The summed E-state index contributed by atoms with van der Waals surface area (Å²) in [5, 5.41) is 0. The van der Waals surface area contributed by atoms with E-state index >= 15 is 0 Å². The second-order valence-corrected chi connectivity index (χ2v) is 5.26. The van der Waals surface area contributed by atoms with Crippen molar-refractivity contribution >= 4 is 10.2 Å². The van der Waals surface area contributed by atoms with Gasteiger partial charge in [0.15, 0.2) is 4.90 Å². The Morgan fingerprint density at radius 1 is 1.28 bits per heavy atom. The summed E-state index contributed by atoms with van der Waals surface area (Å²) in [6.45, 7) is 2.28. The number of aromatic amines is 1. The van der Waals surface area contributed by atoms with Gasteiger partial charge in [-0.1, -0.05) is 26.2 Å². The van der Waals surface area contributed by atoms with Crippen molar-refractivity contribution in [2.24, 2.45) is 0 Å². The molecule has 1 N–H and O–H groups in total. The number of rotatable bonds is 6. The Labute approximate surface area is 104 Å². The molecule has 0 unspecified atom stereocenters. The van der Waals surface area contributed by atoms with Crippen LogP contribution >= 0.6 is 0 Å². The first-order chi connectivity index (χ1) is 8.36. The summed E-state index contributed by atoms with van der Waals surface area (Å²) in [6, 6.07) is 0. The summed E-state index contributed by atoms with van der Waals surface area (Å²) in [5.41, 5.74) is -1.96. The second kappa shape index (κ2) is 5.94. The Bertz CT molecular complexity index is 618. The van der Waals surface area contributed by atoms with Crippen LogP contribution in [-0.4, -0.2) is 18.0 Å². The van der Waals surface area contributed by atoms with Crippen LogP contribution in [0.2, 0.25) is 0 Å². The summed E-state index contributed by atoms with van der Waals surface area (Å²) in [4.78, 5) is 23.3. The molecule has 6 nitrogen and oxygen atoms in total. The van der Waals surface area contributed by atoms with Crippen LogP contribution in [0.25, 0.3) is 0 Å². The molecule has 0 saturated heterocycles. The number of aryl methyl sites for hydroxylation is 1. The van der Waals surface area contributed by atoms with Crippen molar-refractivity contribution in [2.75, 3.05) is 0 Å². The molecule has 0 atom stereocenters. The van der Waals surface area contributed by atoms with E-state index in [4.69, 9.17) is 0 Å². The molecule has 0 fully saturated rings. The lowest BCUT2D eigenvalue weighted by atomic mass is 10.2. The molecule has 0 aliphatic heterocycles. The van der Waals surface area contributed by atoms with Crippen LogP contribution in [0.5, 0.6) is 0 Å². The van der Waals surface area contributed by atoms with E-state index in [1.807, 2.05) is 6.92 Å². The highest BCUT2D eigenvalue weighted by molar-refractivity contribution is 7.86. The lowest BCUT2D eigenvalue weighted by Crippen LogP contribution is -2.32. The highest BCUT2D eigenvalue weighted by Gasteiger charge is 2.18. The Hall–Kier alpha value is -1.44. The molecule has 1 aromatic rings. The maximum absolute atomic E-state index is 12.8. The molecule has 0 spiro atoms. The van der Waals surface area contributed by atoms with E-state index in [9.17, 15) is 21.9 Å². The van der Waals surface area contributed by atoms with Crippen molar-refractivity contribution in [3.05, 3.63) is 27.0 Å². The van der Waals surface area contributed by atoms with Gasteiger partial charge in [-0.2, -0.15) is 8.42 Å². The van der Waals surface area contributed by atoms with Crippen LogP contribution in [0.15, 0.2) is 20.7 Å². The predicted molar refractivity (Wildman–Crippen MR) is 63.8 cm³/mol. The highest BCUT2D eigenvalue weighted by Crippen LogP contribution is 2.05. The van der Waals surface area contributed by atoms with E-state index in [1.54, 1.807) is 4.98 Å². The highest BCUT2D eigenvalue weighted by atomic mass is 32.3. The molecule has 1 aromatic heterocycles. The van der Waals surface area contributed by atoms with Crippen LogP contribution in [0.4, 0.5) is 3.89 Å². The predicted octanol–water partition coefficient (Wildman–Crippen LogP) is 0.775. The van der Waals surface area contributed by atoms with Crippen LogP contribution < -0.4 is 11.2 Å². The minimum atomic E-state index is -5.11.